The van der Waals surface area contributed by atoms with Crippen LogP contribution in [0.25, 0.3) is 0 Å². The van der Waals surface area contributed by atoms with Crippen LogP contribution in [0.3, 0.4) is 0 Å². The molecule has 0 radical (unpaired) electrons. The van der Waals surface area contributed by atoms with E-state index in [9.17, 15) is 9.59 Å². The monoisotopic (exact) mass is 528 g/mol. The molecule has 8 heteroatoms. The fraction of sp³-hybridized carbons (Fsp3) is 0.500. The molecule has 2 saturated heterocycles. The highest BCUT2D eigenvalue weighted by atomic mass is 33.1. The molecule has 0 N–H and O–H groups in total. The molecule has 2 heterocycles. The average Bonchev–Trinajstić information content (AvgIpc) is 2.94. The molecule has 36 heavy (non-hydrogen) atoms. The van der Waals surface area contributed by atoms with E-state index >= 15 is 0 Å². The second-order valence-electron chi connectivity index (χ2n) is 9.51. The zero-order valence-corrected chi connectivity index (χ0v) is 22.4. The third-order valence-electron chi connectivity index (χ3n) is 6.85. The number of nitrogens with zero attached hydrogens (tertiary/aromatic N) is 2. The molecule has 6 nitrogen and oxygen atoms in total. The number of amides is 2. The van der Waals surface area contributed by atoms with E-state index in [4.69, 9.17) is 9.47 Å². The minimum Gasteiger partial charge on any atom is -0.445 e. The fourth-order valence-corrected chi connectivity index (χ4v) is 7.45. The number of piperidine rings is 2. The lowest BCUT2D eigenvalue weighted by Gasteiger charge is -2.32. The molecule has 0 atom stereocenters. The Morgan fingerprint density at radius 3 is 1.36 bits per heavy atom. The van der Waals surface area contributed by atoms with Crippen LogP contribution in [-0.2, 0) is 22.7 Å². The quantitative estimate of drug-likeness (QED) is 0.275. The summed E-state index contributed by atoms with van der Waals surface area (Å²) in [5.74, 6) is 3.56. The predicted octanol–water partition coefficient (Wildman–Crippen LogP) is 6.47. The van der Waals surface area contributed by atoms with Gasteiger partial charge in [0.1, 0.15) is 13.2 Å². The highest BCUT2D eigenvalue weighted by Gasteiger charge is 2.25. The van der Waals surface area contributed by atoms with Gasteiger partial charge < -0.3 is 19.3 Å². The lowest BCUT2D eigenvalue weighted by molar-refractivity contribution is 0.0833. The summed E-state index contributed by atoms with van der Waals surface area (Å²) in [7, 11) is 3.92. The summed E-state index contributed by atoms with van der Waals surface area (Å²) in [4.78, 5) is 28.4. The Hall–Kier alpha value is -2.32. The molecule has 2 fully saturated rings. The molecule has 2 aromatic rings. The lowest BCUT2D eigenvalue weighted by atomic mass is 9.99. The Morgan fingerprint density at radius 2 is 1.00 bits per heavy atom. The van der Waals surface area contributed by atoms with Gasteiger partial charge in [0.05, 0.1) is 0 Å². The fourth-order valence-electron chi connectivity index (χ4n) is 4.47. The zero-order chi connectivity index (χ0) is 25.0. The molecule has 2 aliphatic rings. The van der Waals surface area contributed by atoms with Gasteiger partial charge in [-0.05, 0) is 48.6 Å². The van der Waals surface area contributed by atoms with Gasteiger partial charge in [-0.3, -0.25) is 0 Å². The van der Waals surface area contributed by atoms with Crippen LogP contribution in [-0.4, -0.2) is 59.7 Å². The summed E-state index contributed by atoms with van der Waals surface area (Å²) in [6.07, 6.45) is 3.76. The second kappa shape index (κ2) is 14.4. The molecule has 2 aliphatic heterocycles. The van der Waals surface area contributed by atoms with Crippen LogP contribution >= 0.6 is 21.6 Å². The maximum atomic E-state index is 12.3. The smallest absolute Gasteiger partial charge is 0.410 e. The minimum absolute atomic E-state index is 0.199. The third kappa shape index (κ3) is 8.66. The number of benzene rings is 2. The summed E-state index contributed by atoms with van der Waals surface area (Å²) in [5.41, 5.74) is 2.03. The molecule has 0 aliphatic carbocycles. The van der Waals surface area contributed by atoms with E-state index < -0.39 is 0 Å². The molecule has 0 aromatic heterocycles. The van der Waals surface area contributed by atoms with Crippen LogP contribution in [0.4, 0.5) is 9.59 Å². The second-order valence-corrected chi connectivity index (χ2v) is 12.1. The lowest BCUT2D eigenvalue weighted by Crippen LogP contribution is -2.39. The number of rotatable bonds is 9. The molecule has 4 rings (SSSR count). The standard InChI is InChI=1S/C28H36N2O4S2/c31-27(33-19-23-7-3-1-4-8-23)29-15-11-25(12-16-29)21-35-36-22-26-13-17-30(18-14-26)28(32)34-20-24-9-5-2-6-10-24/h1-10,25-26H,11-22H2. The van der Waals surface area contributed by atoms with Crippen LogP contribution in [0.15, 0.2) is 60.7 Å². The van der Waals surface area contributed by atoms with Crippen LogP contribution in [0.5, 0.6) is 0 Å². The molecule has 0 bridgehead atoms. The molecule has 0 spiro atoms. The van der Waals surface area contributed by atoms with Crippen LogP contribution in [0, 0.1) is 11.8 Å². The maximum absolute atomic E-state index is 12.3. The van der Waals surface area contributed by atoms with E-state index in [0.717, 1.165) is 74.5 Å². The van der Waals surface area contributed by atoms with Crippen molar-refractivity contribution < 1.29 is 19.1 Å². The van der Waals surface area contributed by atoms with Crippen LogP contribution in [0.2, 0.25) is 0 Å². The van der Waals surface area contributed by atoms with Crippen LogP contribution in [0.1, 0.15) is 36.8 Å². The van der Waals surface area contributed by atoms with Crippen molar-refractivity contribution in [3.63, 3.8) is 0 Å². The van der Waals surface area contributed by atoms with E-state index in [-0.39, 0.29) is 12.2 Å². The predicted molar refractivity (Wildman–Crippen MR) is 147 cm³/mol. The van der Waals surface area contributed by atoms with Gasteiger partial charge in [-0.2, -0.15) is 0 Å². The van der Waals surface area contributed by atoms with Gasteiger partial charge in [0, 0.05) is 37.7 Å². The van der Waals surface area contributed by atoms with Gasteiger partial charge in [-0.1, -0.05) is 82.3 Å². The summed E-state index contributed by atoms with van der Waals surface area (Å²) < 4.78 is 10.9. The van der Waals surface area contributed by atoms with Crippen molar-refractivity contribution in [3.8, 4) is 0 Å². The number of hydrogen-bond donors (Lipinski definition) is 0. The molecule has 194 valence electrons. The topological polar surface area (TPSA) is 59.1 Å². The molecule has 2 aromatic carbocycles. The van der Waals surface area contributed by atoms with Crippen molar-refractivity contribution in [2.75, 3.05) is 37.7 Å². The van der Waals surface area contributed by atoms with Crippen LogP contribution < -0.4 is 0 Å². The molecule has 0 saturated carbocycles. The van der Waals surface area contributed by atoms with Crippen molar-refractivity contribution in [3.05, 3.63) is 71.8 Å². The zero-order valence-electron chi connectivity index (χ0n) is 20.8. The Kier molecular flexibility index (Phi) is 10.7. The number of likely N-dealkylation sites (tertiary alicyclic amines) is 2. The van der Waals surface area contributed by atoms with E-state index in [1.165, 1.54) is 0 Å². The highest BCUT2D eigenvalue weighted by Crippen LogP contribution is 2.32. The first-order chi connectivity index (χ1) is 17.7. The number of ether oxygens (including phenoxy) is 2. The number of carbonyl (C=O) groups is 2. The van der Waals surface area contributed by atoms with Gasteiger partial charge in [0.2, 0.25) is 0 Å². The van der Waals surface area contributed by atoms with E-state index in [2.05, 4.69) is 0 Å². The molecular weight excluding hydrogens is 492 g/mol. The minimum atomic E-state index is -0.199. The molecule has 0 unspecified atom stereocenters. The first-order valence-corrected chi connectivity index (χ1v) is 15.3. The van der Waals surface area contributed by atoms with Gasteiger partial charge in [-0.15, -0.1) is 0 Å². The first-order valence-electron chi connectivity index (χ1n) is 12.8. The highest BCUT2D eigenvalue weighted by molar-refractivity contribution is 8.76. The van der Waals surface area contributed by atoms with E-state index in [1.54, 1.807) is 0 Å². The Bertz CT molecular complexity index is 854. The van der Waals surface area contributed by atoms with Gasteiger partial charge >= 0.3 is 12.2 Å². The average molecular weight is 529 g/mol. The third-order valence-corrected chi connectivity index (χ3v) is 9.54. The normalized spacial score (nSPS) is 17.1. The molecule has 2 amide bonds. The number of carbonyl (C=O) groups excluding carboxylic acids is 2. The van der Waals surface area contributed by atoms with Gasteiger partial charge in [0.25, 0.3) is 0 Å². The Balaban J connectivity index is 1.02. The number of hydrogen-bond acceptors (Lipinski definition) is 6. The van der Waals surface area contributed by atoms with Crippen molar-refractivity contribution >= 4 is 33.8 Å². The van der Waals surface area contributed by atoms with Crippen molar-refractivity contribution in [1.29, 1.82) is 0 Å². The SMILES string of the molecule is O=C(OCc1ccccc1)N1CCC(CSSCC2CCN(C(=O)OCc3ccccc3)CC2)CC1. The van der Waals surface area contributed by atoms with Crippen molar-refractivity contribution in [2.45, 2.75) is 38.9 Å². The maximum Gasteiger partial charge on any atom is 0.410 e. The molecular formula is C28H36N2O4S2. The summed E-state index contributed by atoms with van der Waals surface area (Å²) >= 11 is 0. The Labute approximate surface area is 222 Å². The van der Waals surface area contributed by atoms with Gasteiger partial charge in [-0.25, -0.2) is 9.59 Å². The summed E-state index contributed by atoms with van der Waals surface area (Å²) in [6.45, 7) is 3.79. The summed E-state index contributed by atoms with van der Waals surface area (Å²) in [6, 6.07) is 19.6. The summed E-state index contributed by atoms with van der Waals surface area (Å²) in [5, 5.41) is 0. The van der Waals surface area contributed by atoms with Crippen molar-refractivity contribution in [2.24, 2.45) is 11.8 Å². The van der Waals surface area contributed by atoms with E-state index in [1.807, 2.05) is 92.1 Å². The van der Waals surface area contributed by atoms with Gasteiger partial charge in [0.15, 0.2) is 0 Å². The first kappa shape index (κ1) is 26.7. The van der Waals surface area contributed by atoms with Crippen molar-refractivity contribution in [1.82, 2.24) is 9.80 Å². The largest absolute Gasteiger partial charge is 0.445 e. The Morgan fingerprint density at radius 1 is 0.639 bits per heavy atom. The van der Waals surface area contributed by atoms with E-state index in [0.29, 0.717) is 25.0 Å².